The van der Waals surface area contributed by atoms with Gasteiger partial charge in [-0.15, -0.1) is 0 Å². The van der Waals surface area contributed by atoms with E-state index in [0.717, 1.165) is 0 Å². The van der Waals surface area contributed by atoms with E-state index in [9.17, 15) is 19.0 Å². The molecule has 0 radical (unpaired) electrons. The molecule has 3 rings (SSSR count). The van der Waals surface area contributed by atoms with Crippen molar-refractivity contribution in [2.45, 2.75) is 64.4 Å². The molecule has 0 amide bonds. The number of aromatic nitrogens is 4. The van der Waals surface area contributed by atoms with E-state index in [1.165, 1.54) is 10.9 Å². The average molecular weight is 504 g/mol. The Bertz CT molecular complexity index is 1120. The van der Waals surface area contributed by atoms with E-state index >= 15 is 0 Å². The zero-order chi connectivity index (χ0) is 25.2. The van der Waals surface area contributed by atoms with Crippen LogP contribution in [0.25, 0.3) is 11.2 Å². The third-order valence-corrected chi connectivity index (χ3v) is 5.77. The third-order valence-electron chi connectivity index (χ3n) is 4.71. The van der Waals surface area contributed by atoms with Gasteiger partial charge in [0.25, 0.3) is 5.56 Å². The van der Waals surface area contributed by atoms with Crippen molar-refractivity contribution in [3.8, 4) is 0 Å². The maximum Gasteiger partial charge on any atom is 0.403 e. The van der Waals surface area contributed by atoms with Crippen molar-refractivity contribution < 1.29 is 38.1 Å². The smallest absolute Gasteiger partial charge is 0.403 e. The summed E-state index contributed by atoms with van der Waals surface area (Å²) < 4.78 is 37.0. The van der Waals surface area contributed by atoms with Crippen molar-refractivity contribution in [1.29, 1.82) is 0 Å². The monoisotopic (exact) mass is 504 g/mol. The normalized spacial score (nSPS) is 24.8. The summed E-state index contributed by atoms with van der Waals surface area (Å²) >= 11 is 0. The van der Waals surface area contributed by atoms with Gasteiger partial charge in [0.1, 0.15) is 24.9 Å². The van der Waals surface area contributed by atoms with Crippen LogP contribution in [0.5, 0.6) is 0 Å². The number of H-pyrrole nitrogens is 1. The molecule has 2 aromatic rings. The Labute approximate surface area is 194 Å². The third kappa shape index (κ3) is 6.18. The van der Waals surface area contributed by atoms with Crippen LogP contribution in [0, 0.1) is 0 Å². The Morgan fingerprint density at radius 3 is 2.59 bits per heavy atom. The fraction of sp³-hybridized carbons (Fsp3) is 0.667. The standard InChI is InChI=1S/C18H29N6O9P/c1-8(2)31-13-10(6-30-34(28,29)21-5-11(25)26)33-17(14(13)32-9(3)4)24-7-20-12-15(24)22-18(19)23-16(12)27/h7-10,13-14,17H,5-6H2,1-4H3,(H,25,26)(H2,21,28,29)(H3,19,22,23,27)/t10-,13-,14-,17-/m1/s1. The van der Waals surface area contributed by atoms with Gasteiger partial charge < -0.3 is 29.9 Å². The fourth-order valence-electron chi connectivity index (χ4n) is 3.52. The zero-order valence-electron chi connectivity index (χ0n) is 19.1. The van der Waals surface area contributed by atoms with Crippen LogP contribution in [0.2, 0.25) is 0 Å². The number of rotatable bonds is 11. The highest BCUT2D eigenvalue weighted by Gasteiger charge is 2.49. The lowest BCUT2D eigenvalue weighted by Crippen LogP contribution is -2.41. The maximum atomic E-state index is 12.2. The van der Waals surface area contributed by atoms with Crippen molar-refractivity contribution in [2.24, 2.45) is 0 Å². The van der Waals surface area contributed by atoms with Crippen LogP contribution >= 0.6 is 7.75 Å². The molecule has 0 aliphatic carbocycles. The van der Waals surface area contributed by atoms with E-state index in [1.807, 2.05) is 18.9 Å². The first-order valence-electron chi connectivity index (χ1n) is 10.5. The van der Waals surface area contributed by atoms with Gasteiger partial charge in [0.2, 0.25) is 5.95 Å². The van der Waals surface area contributed by atoms with Gasteiger partial charge in [0, 0.05) is 0 Å². The highest BCUT2D eigenvalue weighted by Crippen LogP contribution is 2.41. The number of imidazole rings is 1. The van der Waals surface area contributed by atoms with Crippen LogP contribution in [-0.4, -0.2) is 79.2 Å². The number of nitrogens with two attached hydrogens (primary N) is 1. The summed E-state index contributed by atoms with van der Waals surface area (Å²) in [4.78, 5) is 43.4. The summed E-state index contributed by atoms with van der Waals surface area (Å²) in [5, 5.41) is 10.7. The number of fused-ring (bicyclic) bond motifs is 1. The number of carboxylic acid groups (broad SMARTS) is 1. The van der Waals surface area contributed by atoms with Gasteiger partial charge >= 0.3 is 13.7 Å². The Kier molecular flexibility index (Phi) is 8.08. The van der Waals surface area contributed by atoms with E-state index in [1.54, 1.807) is 13.8 Å². The van der Waals surface area contributed by atoms with Gasteiger partial charge in [-0.05, 0) is 27.7 Å². The van der Waals surface area contributed by atoms with Gasteiger partial charge in [-0.3, -0.25) is 23.7 Å². The molecule has 15 nitrogen and oxygen atoms in total. The van der Waals surface area contributed by atoms with Gasteiger partial charge in [0.15, 0.2) is 17.4 Å². The SMILES string of the molecule is CC(C)O[C@@H]1[C@H](OC(C)C)[C@@H](COP(=O)(O)NCC(=O)O)O[C@H]1n1cnc2c(=O)[nH]c(N)nc21. The molecule has 1 aliphatic rings. The topological polar surface area (TPSA) is 213 Å². The predicted molar refractivity (Wildman–Crippen MR) is 118 cm³/mol. The number of nitrogens with one attached hydrogen (secondary N) is 2. The summed E-state index contributed by atoms with van der Waals surface area (Å²) in [7, 11) is -4.44. The molecular weight excluding hydrogens is 475 g/mol. The molecule has 1 unspecified atom stereocenters. The second kappa shape index (κ2) is 10.5. The molecule has 0 spiro atoms. The summed E-state index contributed by atoms with van der Waals surface area (Å²) in [6.07, 6.45) is -2.48. The number of hydrogen-bond acceptors (Lipinski definition) is 10. The van der Waals surface area contributed by atoms with E-state index < -0.39 is 57.0 Å². The highest BCUT2D eigenvalue weighted by atomic mass is 31.2. The van der Waals surface area contributed by atoms with Crippen LogP contribution in [0.1, 0.15) is 33.9 Å². The van der Waals surface area contributed by atoms with Crippen molar-refractivity contribution in [1.82, 2.24) is 24.6 Å². The van der Waals surface area contributed by atoms with E-state index in [4.69, 9.17) is 29.6 Å². The van der Waals surface area contributed by atoms with Crippen molar-refractivity contribution in [2.75, 3.05) is 18.9 Å². The number of ether oxygens (including phenoxy) is 3. The Hall–Kier alpha value is -2.39. The Morgan fingerprint density at radius 1 is 1.32 bits per heavy atom. The summed E-state index contributed by atoms with van der Waals surface area (Å²) in [5.74, 6) is -1.44. The second-order valence-corrected chi connectivity index (χ2v) is 9.80. The van der Waals surface area contributed by atoms with E-state index in [0.29, 0.717) is 0 Å². The van der Waals surface area contributed by atoms with Crippen LogP contribution < -0.4 is 16.4 Å². The van der Waals surface area contributed by atoms with Gasteiger partial charge in [0.05, 0.1) is 25.1 Å². The fourth-order valence-corrected chi connectivity index (χ4v) is 4.30. The molecular formula is C18H29N6O9P. The summed E-state index contributed by atoms with van der Waals surface area (Å²) in [6, 6.07) is 0. The molecule has 5 atom stereocenters. The lowest BCUT2D eigenvalue weighted by Gasteiger charge is -2.28. The van der Waals surface area contributed by atoms with Crippen LogP contribution in [-0.2, 0) is 28.1 Å². The summed E-state index contributed by atoms with van der Waals surface area (Å²) in [6.45, 7) is 6.05. The lowest BCUT2D eigenvalue weighted by molar-refractivity contribution is -0.135. The molecule has 16 heteroatoms. The quantitative estimate of drug-likeness (QED) is 0.255. The molecule has 190 valence electrons. The van der Waals surface area contributed by atoms with Crippen LogP contribution in [0.3, 0.4) is 0 Å². The molecule has 2 aromatic heterocycles. The van der Waals surface area contributed by atoms with Gasteiger partial charge in [-0.1, -0.05) is 0 Å². The van der Waals surface area contributed by atoms with Crippen molar-refractivity contribution >= 4 is 30.8 Å². The minimum Gasteiger partial charge on any atom is -0.480 e. The number of hydrogen-bond donors (Lipinski definition) is 5. The van der Waals surface area contributed by atoms with E-state index in [-0.39, 0.29) is 29.3 Å². The molecule has 0 bridgehead atoms. The Balaban J connectivity index is 1.94. The molecule has 0 aromatic carbocycles. The van der Waals surface area contributed by atoms with Crippen LogP contribution in [0.4, 0.5) is 5.95 Å². The molecule has 0 saturated carbocycles. The second-order valence-electron chi connectivity index (χ2n) is 8.18. The molecule has 34 heavy (non-hydrogen) atoms. The number of carbonyl (C=O) groups is 1. The maximum absolute atomic E-state index is 12.2. The van der Waals surface area contributed by atoms with Gasteiger partial charge in [-0.25, -0.2) is 14.6 Å². The number of carboxylic acids is 1. The molecule has 3 heterocycles. The zero-order valence-corrected chi connectivity index (χ0v) is 20.0. The number of aromatic amines is 1. The lowest BCUT2D eigenvalue weighted by atomic mass is 10.1. The van der Waals surface area contributed by atoms with E-state index in [2.05, 4.69) is 15.0 Å². The number of nitrogen functional groups attached to an aromatic ring is 1. The first-order valence-corrected chi connectivity index (χ1v) is 12.1. The molecule has 1 fully saturated rings. The predicted octanol–water partition coefficient (Wildman–Crippen LogP) is -0.0224. The number of aliphatic carboxylic acids is 1. The van der Waals surface area contributed by atoms with Crippen LogP contribution in [0.15, 0.2) is 11.1 Å². The molecule has 6 N–H and O–H groups in total. The van der Waals surface area contributed by atoms with Crippen molar-refractivity contribution in [3.63, 3.8) is 0 Å². The number of anilines is 1. The molecule has 1 aliphatic heterocycles. The molecule has 1 saturated heterocycles. The summed E-state index contributed by atoms with van der Waals surface area (Å²) in [5.41, 5.74) is 5.37. The Morgan fingerprint density at radius 2 is 1.97 bits per heavy atom. The van der Waals surface area contributed by atoms with Gasteiger partial charge in [-0.2, -0.15) is 4.98 Å². The average Bonchev–Trinajstić information content (AvgIpc) is 3.26. The minimum absolute atomic E-state index is 0.0415. The minimum atomic E-state index is -4.44. The first kappa shape index (κ1) is 26.2. The highest BCUT2D eigenvalue weighted by molar-refractivity contribution is 7.50. The first-order chi connectivity index (χ1) is 15.9. The van der Waals surface area contributed by atoms with Crippen molar-refractivity contribution in [3.05, 3.63) is 16.7 Å². The number of nitrogens with zero attached hydrogens (tertiary/aromatic N) is 3. The largest absolute Gasteiger partial charge is 0.480 e.